The van der Waals surface area contributed by atoms with Crippen LogP contribution in [0.25, 0.3) is 0 Å². The number of rotatable bonds is 7. The van der Waals surface area contributed by atoms with Crippen LogP contribution in [0.3, 0.4) is 0 Å². The molecule has 29 heavy (non-hydrogen) atoms. The van der Waals surface area contributed by atoms with Crippen molar-refractivity contribution in [1.29, 1.82) is 0 Å². The average molecular weight is 405 g/mol. The second-order valence-electron chi connectivity index (χ2n) is 7.89. The number of nitrogens with one attached hydrogen (secondary N) is 1. The van der Waals surface area contributed by atoms with Gasteiger partial charge in [-0.1, -0.05) is 5.21 Å². The van der Waals surface area contributed by atoms with Gasteiger partial charge in [-0.05, 0) is 33.8 Å². The maximum atomic E-state index is 14.1. The number of halogens is 1. The van der Waals surface area contributed by atoms with Crippen LogP contribution in [0, 0.1) is 13.8 Å². The fraction of sp³-hybridized carbons (Fsp3) is 0.632. The first-order valence-corrected chi connectivity index (χ1v) is 9.88. The van der Waals surface area contributed by atoms with Gasteiger partial charge in [0.05, 0.1) is 31.0 Å². The molecule has 9 nitrogen and oxygen atoms in total. The molecule has 158 valence electrons. The topological polar surface area (TPSA) is 97.9 Å². The highest BCUT2D eigenvalue weighted by Gasteiger charge is 2.35. The van der Waals surface area contributed by atoms with Gasteiger partial charge in [-0.25, -0.2) is 9.07 Å². The molecule has 0 unspecified atom stereocenters. The van der Waals surface area contributed by atoms with Crippen molar-refractivity contribution in [1.82, 2.24) is 35.0 Å². The molecule has 1 fully saturated rings. The van der Waals surface area contributed by atoms with Gasteiger partial charge < -0.3 is 10.2 Å². The summed E-state index contributed by atoms with van der Waals surface area (Å²) in [6, 6.07) is 1.63. The molecule has 2 aromatic rings. The molecule has 2 aromatic heterocycles. The highest BCUT2D eigenvalue weighted by atomic mass is 19.1. The Hall–Kier alpha value is -2.78. The lowest BCUT2D eigenvalue weighted by atomic mass is 10.2. The Bertz CT molecular complexity index is 876. The molecule has 0 bridgehead atoms. The Morgan fingerprint density at radius 2 is 2.10 bits per heavy atom. The highest BCUT2D eigenvalue weighted by molar-refractivity contribution is 5.91. The number of amides is 2. The normalized spacial score (nSPS) is 19.2. The Balaban J connectivity index is 1.61. The Kier molecular flexibility index (Phi) is 6.29. The van der Waals surface area contributed by atoms with E-state index in [1.165, 1.54) is 10.9 Å². The zero-order chi connectivity index (χ0) is 21.1. The van der Waals surface area contributed by atoms with E-state index in [2.05, 4.69) is 20.7 Å². The first-order chi connectivity index (χ1) is 13.7. The minimum absolute atomic E-state index is 0.00916. The van der Waals surface area contributed by atoms with E-state index >= 15 is 0 Å². The van der Waals surface area contributed by atoms with Crippen LogP contribution in [-0.2, 0) is 17.9 Å². The van der Waals surface area contributed by atoms with E-state index in [1.807, 2.05) is 33.8 Å². The number of aryl methyl sites for hydroxylation is 3. The summed E-state index contributed by atoms with van der Waals surface area (Å²) in [5.74, 6) is -0.417. The molecular weight excluding hydrogens is 377 g/mol. The summed E-state index contributed by atoms with van der Waals surface area (Å²) in [6.07, 6.45) is 0.968. The van der Waals surface area contributed by atoms with Gasteiger partial charge in [0.25, 0.3) is 5.91 Å². The molecule has 2 amide bonds. The Morgan fingerprint density at radius 3 is 2.76 bits per heavy atom. The van der Waals surface area contributed by atoms with Crippen molar-refractivity contribution < 1.29 is 14.0 Å². The summed E-state index contributed by atoms with van der Waals surface area (Å²) in [5.41, 5.74) is 2.10. The number of alkyl halides is 1. The van der Waals surface area contributed by atoms with Crippen LogP contribution in [0.4, 0.5) is 4.39 Å². The number of likely N-dealkylation sites (tertiary alicyclic amines) is 1. The molecular formula is C19H28FN7O2. The van der Waals surface area contributed by atoms with Crippen LogP contribution >= 0.6 is 0 Å². The van der Waals surface area contributed by atoms with Gasteiger partial charge in [0.2, 0.25) is 5.91 Å². The lowest BCUT2D eigenvalue weighted by molar-refractivity contribution is -0.132. The largest absolute Gasteiger partial charge is 0.348 e. The lowest BCUT2D eigenvalue weighted by Gasteiger charge is -2.24. The van der Waals surface area contributed by atoms with Gasteiger partial charge in [-0.2, -0.15) is 5.10 Å². The molecule has 1 N–H and O–H groups in total. The van der Waals surface area contributed by atoms with Gasteiger partial charge in [-0.3, -0.25) is 14.3 Å². The molecule has 1 saturated heterocycles. The van der Waals surface area contributed by atoms with E-state index in [-0.39, 0.29) is 49.0 Å². The van der Waals surface area contributed by atoms with Gasteiger partial charge in [-0.15, -0.1) is 5.10 Å². The molecule has 0 saturated carbocycles. The predicted octanol–water partition coefficient (Wildman–Crippen LogP) is 1.26. The van der Waals surface area contributed by atoms with E-state index < -0.39 is 6.17 Å². The third kappa shape index (κ3) is 5.18. The molecule has 3 rings (SSSR count). The van der Waals surface area contributed by atoms with Crippen LogP contribution in [0.1, 0.15) is 48.6 Å². The van der Waals surface area contributed by atoms with Crippen LogP contribution in [0.2, 0.25) is 0 Å². The second kappa shape index (κ2) is 8.71. The van der Waals surface area contributed by atoms with Crippen LogP contribution in [-0.4, -0.2) is 66.3 Å². The SMILES string of the molecule is Cc1cc(C)n(CCC(=O)N2C[C@@H](F)C[C@H]2Cn2cc(C(=O)NC(C)C)nn2)n1. The van der Waals surface area contributed by atoms with E-state index in [0.717, 1.165) is 11.4 Å². The van der Waals surface area contributed by atoms with Crippen molar-refractivity contribution >= 4 is 11.8 Å². The van der Waals surface area contributed by atoms with E-state index in [9.17, 15) is 14.0 Å². The summed E-state index contributed by atoms with van der Waals surface area (Å²) in [7, 11) is 0. The highest BCUT2D eigenvalue weighted by Crippen LogP contribution is 2.23. The molecule has 0 aromatic carbocycles. The lowest BCUT2D eigenvalue weighted by Crippen LogP contribution is -2.38. The van der Waals surface area contributed by atoms with Crippen molar-refractivity contribution in [2.24, 2.45) is 0 Å². The zero-order valence-corrected chi connectivity index (χ0v) is 17.3. The molecule has 3 heterocycles. The smallest absolute Gasteiger partial charge is 0.273 e. The monoisotopic (exact) mass is 405 g/mol. The quantitative estimate of drug-likeness (QED) is 0.748. The van der Waals surface area contributed by atoms with Crippen molar-refractivity contribution in [3.05, 3.63) is 29.3 Å². The molecule has 0 radical (unpaired) electrons. The number of carbonyl (C=O) groups is 2. The summed E-state index contributed by atoms with van der Waals surface area (Å²) >= 11 is 0. The minimum Gasteiger partial charge on any atom is -0.348 e. The van der Waals surface area contributed by atoms with Crippen LogP contribution in [0.5, 0.6) is 0 Å². The third-order valence-electron chi connectivity index (χ3n) is 4.91. The minimum atomic E-state index is -1.06. The summed E-state index contributed by atoms with van der Waals surface area (Å²) < 4.78 is 17.4. The van der Waals surface area contributed by atoms with Gasteiger partial charge in [0.1, 0.15) is 6.17 Å². The van der Waals surface area contributed by atoms with Gasteiger partial charge in [0.15, 0.2) is 5.69 Å². The number of hydrogen-bond donors (Lipinski definition) is 1. The maximum absolute atomic E-state index is 14.1. The predicted molar refractivity (Wildman–Crippen MR) is 104 cm³/mol. The fourth-order valence-electron chi connectivity index (χ4n) is 3.63. The van der Waals surface area contributed by atoms with Crippen molar-refractivity contribution in [2.45, 2.75) is 71.9 Å². The number of hydrogen-bond acceptors (Lipinski definition) is 5. The summed E-state index contributed by atoms with van der Waals surface area (Å²) in [5, 5.41) is 15.0. The van der Waals surface area contributed by atoms with Crippen LogP contribution in [0.15, 0.2) is 12.3 Å². The van der Waals surface area contributed by atoms with Crippen molar-refractivity contribution in [3.8, 4) is 0 Å². The maximum Gasteiger partial charge on any atom is 0.273 e. The zero-order valence-electron chi connectivity index (χ0n) is 17.3. The summed E-state index contributed by atoms with van der Waals surface area (Å²) in [6.45, 7) is 8.41. The van der Waals surface area contributed by atoms with E-state index in [4.69, 9.17) is 0 Å². The number of carbonyl (C=O) groups excluding carboxylic acids is 2. The second-order valence-corrected chi connectivity index (χ2v) is 7.89. The molecule has 0 aliphatic carbocycles. The number of nitrogens with zero attached hydrogens (tertiary/aromatic N) is 6. The Morgan fingerprint density at radius 1 is 1.34 bits per heavy atom. The van der Waals surface area contributed by atoms with Crippen molar-refractivity contribution in [2.75, 3.05) is 6.54 Å². The third-order valence-corrected chi connectivity index (χ3v) is 4.91. The van der Waals surface area contributed by atoms with Gasteiger partial charge in [0, 0.05) is 31.1 Å². The molecule has 1 aliphatic heterocycles. The van der Waals surface area contributed by atoms with Crippen molar-refractivity contribution in [3.63, 3.8) is 0 Å². The molecule has 1 aliphatic rings. The molecule has 2 atom stereocenters. The number of aromatic nitrogens is 5. The van der Waals surface area contributed by atoms with E-state index in [0.29, 0.717) is 13.1 Å². The summed E-state index contributed by atoms with van der Waals surface area (Å²) in [4.78, 5) is 26.3. The first kappa shape index (κ1) is 20.9. The van der Waals surface area contributed by atoms with Gasteiger partial charge >= 0.3 is 0 Å². The molecule has 0 spiro atoms. The molecule has 10 heteroatoms. The first-order valence-electron chi connectivity index (χ1n) is 9.88. The standard InChI is InChI=1S/C19H28FN7O2/c1-12(2)21-19(29)17-11-25(24-22-17)10-16-8-15(20)9-26(16)18(28)5-6-27-14(4)7-13(3)23-27/h7,11-12,15-16H,5-6,8-10H2,1-4H3,(H,21,29)/t15-,16-/m0/s1. The fourth-order valence-corrected chi connectivity index (χ4v) is 3.63. The Labute approximate surface area is 169 Å². The van der Waals surface area contributed by atoms with Crippen LogP contribution < -0.4 is 5.32 Å². The van der Waals surface area contributed by atoms with E-state index in [1.54, 1.807) is 9.58 Å². The average Bonchev–Trinajstić information content (AvgIpc) is 3.32.